The lowest BCUT2D eigenvalue weighted by Crippen LogP contribution is -2.45. The van der Waals surface area contributed by atoms with Crippen LogP contribution in [0.3, 0.4) is 0 Å². The van der Waals surface area contributed by atoms with Crippen LogP contribution in [0.1, 0.15) is 27.0 Å². The van der Waals surface area contributed by atoms with E-state index in [9.17, 15) is 9.90 Å². The first-order chi connectivity index (χ1) is 18.4. The molecule has 0 amide bonds. The third-order valence-corrected chi connectivity index (χ3v) is 7.31. The van der Waals surface area contributed by atoms with Crippen LogP contribution in [0.15, 0.2) is 60.4 Å². The van der Waals surface area contributed by atoms with Crippen molar-refractivity contribution < 1.29 is 24.1 Å². The number of hydrogen-bond donors (Lipinski definition) is 1. The first kappa shape index (κ1) is 24.3. The van der Waals surface area contributed by atoms with E-state index in [4.69, 9.17) is 14.2 Å². The number of nitrogens with zero attached hydrogens (tertiary/aromatic N) is 3. The average Bonchev–Trinajstić information content (AvgIpc) is 3.51. The summed E-state index contributed by atoms with van der Waals surface area (Å²) in [4.78, 5) is 19.8. The van der Waals surface area contributed by atoms with Gasteiger partial charge in [0.2, 0.25) is 12.6 Å². The molecule has 0 radical (unpaired) electrons. The zero-order chi connectivity index (χ0) is 26.2. The number of phenols is 1. The van der Waals surface area contributed by atoms with Crippen LogP contribution in [0, 0.1) is 0 Å². The van der Waals surface area contributed by atoms with Gasteiger partial charge in [-0.25, -0.2) is 0 Å². The number of allylic oxidation sites excluding steroid dienone is 1. The molecule has 38 heavy (non-hydrogen) atoms. The fraction of sp³-hybridized carbons (Fsp3) is 0.300. The Morgan fingerprint density at radius 2 is 1.61 bits per heavy atom. The molecule has 1 saturated heterocycles. The standard InChI is InChI=1S/C30H31N3O5/c1-31(2)22-6-3-20(4-7-22)15-28-29(35)23-8-9-25(34)24(30(23)38-28)18-33-13-11-32(12-14-33)17-21-5-10-26-27(16-21)37-19-36-26/h3-10,15-16,34H,11-14,17-19H2,1-2H3/b28-15-. The highest BCUT2D eigenvalue weighted by atomic mass is 16.7. The predicted molar refractivity (Wildman–Crippen MR) is 145 cm³/mol. The second-order valence-corrected chi connectivity index (χ2v) is 10.1. The molecular formula is C30H31N3O5. The van der Waals surface area contributed by atoms with Crippen molar-refractivity contribution in [3.8, 4) is 23.0 Å². The summed E-state index contributed by atoms with van der Waals surface area (Å²) < 4.78 is 17.0. The molecule has 3 heterocycles. The van der Waals surface area contributed by atoms with Gasteiger partial charge in [0, 0.05) is 59.1 Å². The Bertz CT molecular complexity index is 1390. The number of rotatable bonds is 6. The Labute approximate surface area is 222 Å². The highest BCUT2D eigenvalue weighted by Gasteiger charge is 2.32. The highest BCUT2D eigenvalue weighted by Crippen LogP contribution is 2.40. The summed E-state index contributed by atoms with van der Waals surface area (Å²) in [6.45, 7) is 5.15. The van der Waals surface area contributed by atoms with E-state index in [0.29, 0.717) is 23.4 Å². The molecule has 1 fully saturated rings. The van der Waals surface area contributed by atoms with Gasteiger partial charge >= 0.3 is 0 Å². The quantitative estimate of drug-likeness (QED) is 0.494. The summed E-state index contributed by atoms with van der Waals surface area (Å²) in [7, 11) is 3.97. The van der Waals surface area contributed by atoms with Crippen LogP contribution < -0.4 is 19.1 Å². The molecular weight excluding hydrogens is 482 g/mol. The van der Waals surface area contributed by atoms with E-state index in [0.717, 1.165) is 55.5 Å². The van der Waals surface area contributed by atoms with E-state index in [1.807, 2.05) is 49.3 Å². The number of Topliss-reactive ketones (excluding diaryl/α,β-unsaturated/α-hetero) is 1. The number of aromatic hydroxyl groups is 1. The van der Waals surface area contributed by atoms with E-state index in [2.05, 4.69) is 21.9 Å². The van der Waals surface area contributed by atoms with Gasteiger partial charge in [-0.3, -0.25) is 14.6 Å². The topological polar surface area (TPSA) is 74.7 Å². The lowest BCUT2D eigenvalue weighted by Gasteiger charge is -2.35. The molecule has 0 saturated carbocycles. The Hall–Kier alpha value is -4.01. The third kappa shape index (κ3) is 4.80. The number of anilines is 1. The van der Waals surface area contributed by atoms with Crippen molar-refractivity contribution in [2.75, 3.05) is 52.0 Å². The number of ether oxygens (including phenoxy) is 3. The van der Waals surface area contributed by atoms with Crippen molar-refractivity contribution in [2.45, 2.75) is 13.1 Å². The Kier molecular flexibility index (Phi) is 6.43. The molecule has 8 heteroatoms. The summed E-state index contributed by atoms with van der Waals surface area (Å²) in [6, 6.07) is 17.3. The minimum atomic E-state index is -0.161. The van der Waals surface area contributed by atoms with Gasteiger partial charge in [-0.1, -0.05) is 18.2 Å². The summed E-state index contributed by atoms with van der Waals surface area (Å²) in [6.07, 6.45) is 1.76. The first-order valence-electron chi connectivity index (χ1n) is 12.8. The van der Waals surface area contributed by atoms with Gasteiger partial charge in [-0.15, -0.1) is 0 Å². The molecule has 0 aromatic heterocycles. The molecule has 3 aliphatic rings. The van der Waals surface area contributed by atoms with Gasteiger partial charge in [-0.2, -0.15) is 0 Å². The first-order valence-corrected chi connectivity index (χ1v) is 12.8. The van der Waals surface area contributed by atoms with E-state index in [1.165, 1.54) is 5.56 Å². The van der Waals surface area contributed by atoms with Crippen LogP contribution in [0.25, 0.3) is 6.08 Å². The van der Waals surface area contributed by atoms with Crippen LogP contribution in [-0.2, 0) is 13.1 Å². The van der Waals surface area contributed by atoms with Crippen molar-refractivity contribution in [1.82, 2.24) is 9.80 Å². The van der Waals surface area contributed by atoms with Gasteiger partial charge in [0.25, 0.3) is 0 Å². The lowest BCUT2D eigenvalue weighted by atomic mass is 10.0. The zero-order valence-electron chi connectivity index (χ0n) is 21.6. The molecule has 0 unspecified atom stereocenters. The summed E-state index contributed by atoms with van der Waals surface area (Å²) in [5.41, 5.74) is 4.32. The fourth-order valence-electron chi connectivity index (χ4n) is 5.10. The second kappa shape index (κ2) is 10.0. The van der Waals surface area contributed by atoms with E-state index in [1.54, 1.807) is 18.2 Å². The summed E-state index contributed by atoms with van der Waals surface area (Å²) in [5, 5.41) is 10.7. The van der Waals surface area contributed by atoms with Crippen molar-refractivity contribution >= 4 is 17.5 Å². The largest absolute Gasteiger partial charge is 0.507 e. The molecule has 0 aliphatic carbocycles. The molecule has 8 nitrogen and oxygen atoms in total. The Balaban J connectivity index is 1.12. The van der Waals surface area contributed by atoms with Gasteiger partial charge in [0.1, 0.15) is 11.5 Å². The van der Waals surface area contributed by atoms with E-state index >= 15 is 0 Å². The van der Waals surface area contributed by atoms with E-state index < -0.39 is 0 Å². The van der Waals surface area contributed by atoms with Crippen molar-refractivity contribution in [3.63, 3.8) is 0 Å². The molecule has 1 N–H and O–H groups in total. The van der Waals surface area contributed by atoms with Crippen molar-refractivity contribution in [2.24, 2.45) is 0 Å². The second-order valence-electron chi connectivity index (χ2n) is 10.1. The van der Waals surface area contributed by atoms with Crippen LogP contribution in [0.5, 0.6) is 23.0 Å². The molecule has 0 bridgehead atoms. The maximum absolute atomic E-state index is 13.1. The number of carbonyl (C=O) groups excluding carboxylic acids is 1. The number of ketones is 1. The van der Waals surface area contributed by atoms with Crippen LogP contribution >= 0.6 is 0 Å². The lowest BCUT2D eigenvalue weighted by molar-refractivity contribution is 0.101. The van der Waals surface area contributed by atoms with Crippen LogP contribution in [0.2, 0.25) is 0 Å². The third-order valence-electron chi connectivity index (χ3n) is 7.31. The van der Waals surface area contributed by atoms with Gasteiger partial charge < -0.3 is 24.2 Å². The summed E-state index contributed by atoms with van der Waals surface area (Å²) in [5.74, 6) is 2.34. The Morgan fingerprint density at radius 3 is 2.34 bits per heavy atom. The van der Waals surface area contributed by atoms with Crippen LogP contribution in [-0.4, -0.2) is 67.8 Å². The number of phenolic OH excluding ortho intramolecular Hbond substituents is 1. The highest BCUT2D eigenvalue weighted by molar-refractivity contribution is 6.15. The SMILES string of the molecule is CN(C)c1ccc(/C=C2\Oc3c(ccc(O)c3CN3CCN(Cc4ccc5c(c4)OCO5)CC3)C2=O)cc1. The monoisotopic (exact) mass is 513 g/mol. The number of benzene rings is 3. The smallest absolute Gasteiger partial charge is 0.231 e. The van der Waals surface area contributed by atoms with Gasteiger partial charge in [0.15, 0.2) is 17.3 Å². The zero-order valence-corrected chi connectivity index (χ0v) is 21.6. The van der Waals surface area contributed by atoms with Gasteiger partial charge in [0.05, 0.1) is 11.1 Å². The molecule has 3 aromatic carbocycles. The fourth-order valence-corrected chi connectivity index (χ4v) is 5.10. The molecule has 6 rings (SSSR count). The molecule has 196 valence electrons. The summed E-state index contributed by atoms with van der Waals surface area (Å²) >= 11 is 0. The van der Waals surface area contributed by atoms with E-state index in [-0.39, 0.29) is 24.1 Å². The predicted octanol–water partition coefficient (Wildman–Crippen LogP) is 4.12. The number of hydrogen-bond acceptors (Lipinski definition) is 8. The minimum Gasteiger partial charge on any atom is -0.507 e. The molecule has 3 aromatic rings. The molecule has 0 spiro atoms. The number of carbonyl (C=O) groups is 1. The molecule has 3 aliphatic heterocycles. The Morgan fingerprint density at radius 1 is 0.895 bits per heavy atom. The number of piperazine rings is 1. The molecule has 0 atom stereocenters. The average molecular weight is 514 g/mol. The minimum absolute atomic E-state index is 0.149. The normalized spacial score (nSPS) is 18.1. The van der Waals surface area contributed by atoms with Crippen molar-refractivity contribution in [1.29, 1.82) is 0 Å². The van der Waals surface area contributed by atoms with Crippen molar-refractivity contribution in [3.05, 3.63) is 82.6 Å². The maximum Gasteiger partial charge on any atom is 0.231 e. The maximum atomic E-state index is 13.1. The van der Waals surface area contributed by atoms with Gasteiger partial charge in [-0.05, 0) is 53.6 Å². The number of fused-ring (bicyclic) bond motifs is 2. The van der Waals surface area contributed by atoms with Crippen LogP contribution in [0.4, 0.5) is 5.69 Å².